The van der Waals surface area contributed by atoms with Crippen molar-refractivity contribution in [2.75, 3.05) is 0 Å². The molecule has 4 aromatic heterocycles. The topological polar surface area (TPSA) is 317 Å². The van der Waals surface area contributed by atoms with E-state index in [1.807, 2.05) is 48.5 Å². The molecular formula is C43H39Cl4N10O10PS5. The van der Waals surface area contributed by atoms with Crippen LogP contribution < -0.4 is 32.0 Å². The lowest BCUT2D eigenvalue weighted by Crippen LogP contribution is -2.49. The number of nitrogens with one attached hydrogen (secondary N) is 9. The fourth-order valence-corrected chi connectivity index (χ4v) is 7.79. The number of aromatic nitrogens is 8. The molecule has 0 saturated carbocycles. The molecule has 2 aliphatic heterocycles. The first-order chi connectivity index (χ1) is 33.5. The quantitative estimate of drug-likeness (QED) is 0.0251. The number of hydrogen-bond acceptors (Lipinski definition) is 16. The summed E-state index contributed by atoms with van der Waals surface area (Å²) >= 11 is 44.4. The second-order valence-corrected chi connectivity index (χ2v) is 22.9. The van der Waals surface area contributed by atoms with Crippen molar-refractivity contribution >= 4 is 135 Å². The predicted molar refractivity (Wildman–Crippen MR) is 293 cm³/mol. The Balaban J connectivity index is 0.000000269. The first-order valence-corrected chi connectivity index (χ1v) is 26.3. The van der Waals surface area contributed by atoms with Crippen LogP contribution in [0, 0.1) is 19.1 Å². The molecule has 0 spiro atoms. The summed E-state index contributed by atoms with van der Waals surface area (Å²) < 4.78 is 15.5. The lowest BCUT2D eigenvalue weighted by Gasteiger charge is -2.26. The van der Waals surface area contributed by atoms with Crippen LogP contribution in [0.4, 0.5) is 0 Å². The summed E-state index contributed by atoms with van der Waals surface area (Å²) in [6.45, 7) is 0. The number of benzene rings is 3. The average molecular weight is 1190 g/mol. The molecule has 30 heteroatoms. The van der Waals surface area contributed by atoms with Gasteiger partial charge in [0.05, 0.1) is 34.1 Å². The summed E-state index contributed by atoms with van der Waals surface area (Å²) in [5.74, 6) is -2.71. The Hall–Kier alpha value is -6.25. The third-order valence-corrected chi connectivity index (χ3v) is 10.4. The number of rotatable bonds is 5. The SMILES string of the molecule is C.C.O=C1CC(=O)NC(=S)N1.O=Cc1ccccc1.O=P(Cl)(Cl)Cl.O=c1[nH]c(=S)[nH]c(O)c1C(c1ccccc1)c1c(O)[nH]c(=S)[nH]c1=O.O=c1[nH]c(=S)[nH]c2c1C(c1ccccc1)c1c(nc(=S)[nH]c1Cl)O2. The van der Waals surface area contributed by atoms with Gasteiger partial charge in [0.1, 0.15) is 17.9 Å². The van der Waals surface area contributed by atoms with E-state index in [1.54, 1.807) is 42.5 Å². The zero-order valence-corrected chi connectivity index (χ0v) is 43.2. The summed E-state index contributed by atoms with van der Waals surface area (Å²) in [7, 11) is 0. The fraction of sp³-hybridized carbons (Fsp3) is 0.116. The average Bonchev–Trinajstić information content (AvgIpc) is 3.27. The van der Waals surface area contributed by atoms with E-state index >= 15 is 0 Å². The van der Waals surface area contributed by atoms with E-state index in [9.17, 15) is 43.5 Å². The van der Waals surface area contributed by atoms with Crippen LogP contribution in [0.15, 0.2) is 105 Å². The Morgan fingerprint density at radius 1 is 0.644 bits per heavy atom. The van der Waals surface area contributed by atoms with E-state index in [-0.39, 0.29) is 90.9 Å². The van der Waals surface area contributed by atoms with E-state index in [1.165, 1.54) is 0 Å². The summed E-state index contributed by atoms with van der Waals surface area (Å²) in [5, 5.41) is 22.2. The van der Waals surface area contributed by atoms with Crippen LogP contribution in [-0.4, -0.2) is 73.3 Å². The van der Waals surface area contributed by atoms with Gasteiger partial charge in [-0.25, -0.2) is 0 Å². The maximum atomic E-state index is 12.5. The molecule has 20 nitrogen and oxygen atoms in total. The van der Waals surface area contributed by atoms with Crippen molar-refractivity contribution in [1.82, 2.24) is 50.5 Å². The Bertz CT molecular complexity index is 3490. The lowest BCUT2D eigenvalue weighted by molar-refractivity contribution is -0.129. The van der Waals surface area contributed by atoms with Crippen molar-refractivity contribution in [1.29, 1.82) is 0 Å². The van der Waals surface area contributed by atoms with Gasteiger partial charge < -0.3 is 45.5 Å². The fourth-order valence-electron chi connectivity index (χ4n) is 6.48. The zero-order chi connectivity index (χ0) is 52.2. The number of nitrogens with zero attached hydrogens (tertiary/aromatic N) is 1. The maximum Gasteiger partial charge on any atom is 0.339 e. The number of hydrogen-bond donors (Lipinski definition) is 11. The minimum Gasteiger partial charge on any atom is -0.494 e. The minimum absolute atomic E-state index is 0. The molecule has 0 bridgehead atoms. The standard InChI is InChI=1S/C15H9ClN4O2S2.C15H12N4O4S2.C7H6O.C4H4N2O2S.2CH4.Cl3OP/c16-10-8-7(6-4-2-1-3-5-6)9-11(21)18-15(24)20-13(9)22-12(8)19-14(23)17-10;20-10-8(11(21)17-14(24)16-10)7(6-4-2-1-3-5-6)9-12(22)18-15(25)19-13(9)23;8-6-7-4-2-1-3-5-7;7-2-1-3(8)6-4(9)5-2;;;1-5(2,3)4/h1-5,7H,(H,17,19,23)(H2,18,20,21,24);1-5,7H,(H3,16,17,20,21,24)(H3,18,19,22,23,25);1-6H;1H2,(H2,5,6,7,8,9);2*1H4;. The second-order valence-electron chi connectivity index (χ2n) is 13.9. The van der Waals surface area contributed by atoms with Crippen molar-refractivity contribution in [2.45, 2.75) is 33.1 Å². The molecule has 6 heterocycles. The number of halogens is 4. The molecule has 2 aliphatic rings. The van der Waals surface area contributed by atoms with E-state index in [0.29, 0.717) is 16.7 Å². The molecule has 0 aliphatic carbocycles. The Morgan fingerprint density at radius 3 is 1.52 bits per heavy atom. The molecule has 384 valence electrons. The highest BCUT2D eigenvalue weighted by atomic mass is 36.0. The zero-order valence-electron chi connectivity index (χ0n) is 35.2. The van der Waals surface area contributed by atoms with Crippen LogP contribution in [0.2, 0.25) is 5.15 Å². The van der Waals surface area contributed by atoms with Crippen molar-refractivity contribution in [3.05, 3.63) is 185 Å². The highest BCUT2D eigenvalue weighted by Gasteiger charge is 2.35. The number of carbonyl (C=O) groups excluding carboxylic acids is 3. The maximum absolute atomic E-state index is 12.5. The van der Waals surface area contributed by atoms with Crippen LogP contribution in [0.1, 0.15) is 76.8 Å². The van der Waals surface area contributed by atoms with E-state index in [2.05, 4.69) is 96.4 Å². The van der Waals surface area contributed by atoms with Crippen molar-refractivity contribution < 1.29 is 33.9 Å². The largest absolute Gasteiger partial charge is 0.494 e. The number of H-pyrrole nitrogens is 7. The molecule has 1 atom stereocenters. The highest BCUT2D eigenvalue weighted by molar-refractivity contribution is 8.24. The van der Waals surface area contributed by atoms with Crippen LogP contribution in [0.25, 0.3) is 0 Å². The number of amides is 2. The smallest absolute Gasteiger partial charge is 0.339 e. The van der Waals surface area contributed by atoms with Gasteiger partial charge in [0, 0.05) is 5.56 Å². The predicted octanol–water partition coefficient (Wildman–Crippen LogP) is 10.1. The molecule has 73 heavy (non-hydrogen) atoms. The normalized spacial score (nSPS) is 12.8. The third-order valence-electron chi connectivity index (χ3n) is 9.13. The molecule has 0 radical (unpaired) electrons. The second kappa shape index (κ2) is 27.7. The summed E-state index contributed by atoms with van der Waals surface area (Å²) in [6, 6.07) is 27.1. The van der Waals surface area contributed by atoms with Gasteiger partial charge in [0.25, 0.3) is 16.7 Å². The van der Waals surface area contributed by atoms with Gasteiger partial charge in [-0.15, -0.1) is 0 Å². The molecule has 7 aromatic rings. The number of carbonyl (C=O) groups is 3. The molecule has 1 fully saturated rings. The number of thiocarbonyl (C=S) groups is 1. The number of aromatic amines is 7. The molecular weight excluding hydrogens is 1150 g/mol. The monoisotopic (exact) mass is 1190 g/mol. The molecule has 11 N–H and O–H groups in total. The number of fused-ring (bicyclic) bond motifs is 2. The van der Waals surface area contributed by atoms with Gasteiger partial charge in [-0.2, -0.15) is 4.98 Å². The van der Waals surface area contributed by atoms with Crippen LogP contribution in [0.5, 0.6) is 23.5 Å². The molecule has 9 rings (SSSR count). The summed E-state index contributed by atoms with van der Waals surface area (Å²) in [6.07, 6.45) is 0.708. The Labute approximate surface area is 457 Å². The van der Waals surface area contributed by atoms with Crippen LogP contribution in [-0.2, 0) is 14.2 Å². The Morgan fingerprint density at radius 2 is 1.08 bits per heavy atom. The minimum atomic E-state index is -3.22. The number of ether oxygens (including phenoxy) is 1. The van der Waals surface area contributed by atoms with Gasteiger partial charge in [-0.1, -0.05) is 117 Å². The van der Waals surface area contributed by atoms with Gasteiger partial charge in [-0.05, 0) is 106 Å². The first-order valence-electron chi connectivity index (χ1n) is 19.4. The lowest BCUT2D eigenvalue weighted by atomic mass is 9.86. The van der Waals surface area contributed by atoms with Gasteiger partial charge in [0.15, 0.2) is 31.2 Å². The number of aldehydes is 1. The summed E-state index contributed by atoms with van der Waals surface area (Å²) in [4.78, 5) is 90.3. The van der Waals surface area contributed by atoms with E-state index in [0.717, 1.165) is 17.4 Å². The summed E-state index contributed by atoms with van der Waals surface area (Å²) in [5.41, 5.74) is 1.01. The van der Waals surface area contributed by atoms with Crippen molar-refractivity contribution in [3.8, 4) is 23.5 Å². The van der Waals surface area contributed by atoms with Crippen LogP contribution >= 0.6 is 112 Å². The molecule has 3 aromatic carbocycles. The molecule has 1 saturated heterocycles. The Kier molecular flexibility index (Phi) is 23.2. The first kappa shape index (κ1) is 61.1. The van der Waals surface area contributed by atoms with Crippen molar-refractivity contribution in [3.63, 3.8) is 0 Å². The van der Waals surface area contributed by atoms with Gasteiger partial charge in [-0.3, -0.25) is 48.3 Å². The molecule has 1 unspecified atom stereocenters. The third kappa shape index (κ3) is 17.4. The van der Waals surface area contributed by atoms with Crippen LogP contribution in [0.3, 0.4) is 0 Å². The van der Waals surface area contributed by atoms with Crippen molar-refractivity contribution in [2.24, 2.45) is 0 Å². The van der Waals surface area contributed by atoms with E-state index in [4.69, 9.17) is 65.2 Å². The molecule has 2 amide bonds. The number of aromatic hydroxyl groups is 2. The van der Waals surface area contributed by atoms with Gasteiger partial charge >= 0.3 is 5.20 Å². The highest BCUT2D eigenvalue weighted by Crippen LogP contribution is 2.61. The van der Waals surface area contributed by atoms with Gasteiger partial charge in [0.2, 0.25) is 28.3 Å². The van der Waals surface area contributed by atoms with E-state index < -0.39 is 39.9 Å².